The van der Waals surface area contributed by atoms with Crippen LogP contribution in [0.4, 0.5) is 4.39 Å². The first-order valence-electron chi connectivity index (χ1n) is 9.82. The largest absolute Gasteiger partial charge is 0.341 e. The van der Waals surface area contributed by atoms with Gasteiger partial charge in [0.2, 0.25) is 5.91 Å². The molecule has 3 rings (SSSR count). The van der Waals surface area contributed by atoms with Gasteiger partial charge in [0.1, 0.15) is 5.82 Å². The third-order valence-corrected chi connectivity index (χ3v) is 5.37. The number of nitrogens with zero attached hydrogens (tertiary/aromatic N) is 2. The van der Waals surface area contributed by atoms with E-state index >= 15 is 0 Å². The molecular weight excluding hydrogens is 339 g/mol. The Labute approximate surface area is 161 Å². The lowest BCUT2D eigenvalue weighted by atomic mass is 10.0. The second kappa shape index (κ2) is 9.14. The predicted octanol–water partition coefficient (Wildman–Crippen LogP) is 4.11. The summed E-state index contributed by atoms with van der Waals surface area (Å²) in [6.45, 7) is 8.46. The van der Waals surface area contributed by atoms with E-state index in [1.165, 1.54) is 28.8 Å². The summed E-state index contributed by atoms with van der Waals surface area (Å²) in [5, 5.41) is 0. The van der Waals surface area contributed by atoms with Gasteiger partial charge in [0.15, 0.2) is 0 Å². The van der Waals surface area contributed by atoms with Crippen LogP contribution in [0.25, 0.3) is 0 Å². The molecule has 0 spiro atoms. The van der Waals surface area contributed by atoms with Gasteiger partial charge < -0.3 is 4.90 Å². The van der Waals surface area contributed by atoms with Gasteiger partial charge in [-0.15, -0.1) is 0 Å². The van der Waals surface area contributed by atoms with E-state index in [2.05, 4.69) is 36.9 Å². The zero-order valence-corrected chi connectivity index (χ0v) is 16.4. The summed E-state index contributed by atoms with van der Waals surface area (Å²) in [6.07, 6.45) is 2.36. The van der Waals surface area contributed by atoms with Gasteiger partial charge in [-0.1, -0.05) is 35.9 Å². The minimum atomic E-state index is -0.199. The van der Waals surface area contributed by atoms with E-state index < -0.39 is 0 Å². The van der Waals surface area contributed by atoms with Crippen molar-refractivity contribution in [3.63, 3.8) is 0 Å². The zero-order valence-electron chi connectivity index (χ0n) is 16.4. The van der Waals surface area contributed by atoms with Crippen LogP contribution in [0.3, 0.4) is 0 Å². The minimum absolute atomic E-state index is 0.199. The Morgan fingerprint density at radius 2 is 1.78 bits per heavy atom. The molecule has 144 valence electrons. The molecule has 0 aromatic heterocycles. The van der Waals surface area contributed by atoms with Crippen molar-refractivity contribution in [2.45, 2.75) is 39.7 Å². The first-order valence-corrected chi connectivity index (χ1v) is 9.82. The Hall–Kier alpha value is -2.20. The Kier molecular flexibility index (Phi) is 6.62. The molecule has 4 heteroatoms. The fraction of sp³-hybridized carbons (Fsp3) is 0.435. The molecule has 1 aliphatic heterocycles. The molecule has 2 aromatic rings. The van der Waals surface area contributed by atoms with Crippen molar-refractivity contribution in [3.8, 4) is 0 Å². The maximum Gasteiger partial charge on any atom is 0.222 e. The van der Waals surface area contributed by atoms with Crippen LogP contribution in [0.5, 0.6) is 0 Å². The number of halogens is 1. The lowest BCUT2D eigenvalue weighted by Gasteiger charge is -2.22. The van der Waals surface area contributed by atoms with E-state index in [0.29, 0.717) is 6.42 Å². The molecule has 0 N–H and O–H groups in total. The quantitative estimate of drug-likeness (QED) is 0.793. The fourth-order valence-corrected chi connectivity index (χ4v) is 3.75. The summed E-state index contributed by atoms with van der Waals surface area (Å²) < 4.78 is 13.1. The first kappa shape index (κ1) is 19.6. The highest BCUT2D eigenvalue weighted by Crippen LogP contribution is 2.15. The lowest BCUT2D eigenvalue weighted by molar-refractivity contribution is -0.131. The Morgan fingerprint density at radius 3 is 2.52 bits per heavy atom. The summed E-state index contributed by atoms with van der Waals surface area (Å²) in [5.41, 5.74) is 4.91. The zero-order chi connectivity index (χ0) is 19.2. The third kappa shape index (κ3) is 5.64. The van der Waals surface area contributed by atoms with Gasteiger partial charge >= 0.3 is 0 Å². The van der Waals surface area contributed by atoms with Crippen LogP contribution in [-0.2, 0) is 17.8 Å². The maximum atomic E-state index is 13.1. The highest BCUT2D eigenvalue weighted by atomic mass is 19.1. The van der Waals surface area contributed by atoms with Crippen molar-refractivity contribution in [1.82, 2.24) is 9.80 Å². The van der Waals surface area contributed by atoms with Crippen LogP contribution in [-0.4, -0.2) is 41.9 Å². The van der Waals surface area contributed by atoms with Gasteiger partial charge in [-0.05, 0) is 55.5 Å². The van der Waals surface area contributed by atoms with Gasteiger partial charge in [0, 0.05) is 39.1 Å². The molecule has 0 radical (unpaired) electrons. The van der Waals surface area contributed by atoms with Crippen LogP contribution in [0.2, 0.25) is 0 Å². The van der Waals surface area contributed by atoms with E-state index in [1.807, 2.05) is 17.0 Å². The molecule has 3 nitrogen and oxygen atoms in total. The molecule has 0 unspecified atom stereocenters. The SMILES string of the molecule is Cc1ccc(CCC(=O)N2CCCN(Cc3ccc(F)cc3)CC2)c(C)c1. The van der Waals surface area contributed by atoms with Crippen LogP contribution >= 0.6 is 0 Å². The monoisotopic (exact) mass is 368 g/mol. The number of hydrogen-bond acceptors (Lipinski definition) is 2. The summed E-state index contributed by atoms with van der Waals surface area (Å²) in [5.74, 6) is 0.0498. The molecule has 27 heavy (non-hydrogen) atoms. The van der Waals surface area contributed by atoms with Crippen LogP contribution in [0.1, 0.15) is 35.1 Å². The fourth-order valence-electron chi connectivity index (χ4n) is 3.75. The number of amides is 1. The van der Waals surface area contributed by atoms with Crippen molar-refractivity contribution >= 4 is 5.91 Å². The van der Waals surface area contributed by atoms with Gasteiger partial charge in [0.25, 0.3) is 0 Å². The van der Waals surface area contributed by atoms with Crippen molar-refractivity contribution in [1.29, 1.82) is 0 Å². The lowest BCUT2D eigenvalue weighted by Crippen LogP contribution is -2.35. The van der Waals surface area contributed by atoms with E-state index in [0.717, 1.165) is 51.1 Å². The minimum Gasteiger partial charge on any atom is -0.341 e. The van der Waals surface area contributed by atoms with Crippen LogP contribution in [0, 0.1) is 19.7 Å². The maximum absolute atomic E-state index is 13.1. The van der Waals surface area contributed by atoms with Crippen molar-refractivity contribution < 1.29 is 9.18 Å². The van der Waals surface area contributed by atoms with Crippen molar-refractivity contribution in [2.75, 3.05) is 26.2 Å². The molecule has 1 amide bonds. The van der Waals surface area contributed by atoms with E-state index in [-0.39, 0.29) is 11.7 Å². The predicted molar refractivity (Wildman–Crippen MR) is 107 cm³/mol. The second-order valence-electron chi connectivity index (χ2n) is 7.57. The summed E-state index contributed by atoms with van der Waals surface area (Å²) in [4.78, 5) is 17.0. The Balaban J connectivity index is 1.49. The van der Waals surface area contributed by atoms with Gasteiger partial charge in [0.05, 0.1) is 0 Å². The molecular formula is C23H29FN2O. The molecule has 0 atom stereocenters. The summed E-state index contributed by atoms with van der Waals surface area (Å²) in [6, 6.07) is 13.1. The number of hydrogen-bond donors (Lipinski definition) is 0. The van der Waals surface area contributed by atoms with E-state index in [4.69, 9.17) is 0 Å². The molecule has 2 aromatic carbocycles. The molecule has 1 heterocycles. The smallest absolute Gasteiger partial charge is 0.222 e. The molecule has 1 fully saturated rings. The second-order valence-corrected chi connectivity index (χ2v) is 7.57. The van der Waals surface area contributed by atoms with Gasteiger partial charge in [-0.2, -0.15) is 0 Å². The molecule has 0 saturated carbocycles. The van der Waals surface area contributed by atoms with Gasteiger partial charge in [-0.3, -0.25) is 9.69 Å². The first-order chi connectivity index (χ1) is 13.0. The van der Waals surface area contributed by atoms with Crippen LogP contribution < -0.4 is 0 Å². The highest BCUT2D eigenvalue weighted by molar-refractivity contribution is 5.76. The number of aryl methyl sites for hydroxylation is 3. The topological polar surface area (TPSA) is 23.6 Å². The van der Waals surface area contributed by atoms with Crippen molar-refractivity contribution in [2.24, 2.45) is 0 Å². The Morgan fingerprint density at radius 1 is 1.00 bits per heavy atom. The third-order valence-electron chi connectivity index (χ3n) is 5.37. The molecule has 0 aliphatic carbocycles. The number of carbonyl (C=O) groups is 1. The Bertz CT molecular complexity index is 772. The summed E-state index contributed by atoms with van der Waals surface area (Å²) in [7, 11) is 0. The average molecular weight is 368 g/mol. The van der Waals surface area contributed by atoms with Gasteiger partial charge in [-0.25, -0.2) is 4.39 Å². The standard InChI is InChI=1S/C23H29FN2O/c1-18-4-7-21(19(2)16-18)8-11-23(27)26-13-3-12-25(14-15-26)17-20-5-9-22(24)10-6-20/h4-7,9-10,16H,3,8,11-15,17H2,1-2H3. The molecule has 0 bridgehead atoms. The normalized spacial score (nSPS) is 15.6. The number of rotatable bonds is 5. The summed E-state index contributed by atoms with van der Waals surface area (Å²) >= 11 is 0. The van der Waals surface area contributed by atoms with Crippen molar-refractivity contribution in [3.05, 3.63) is 70.5 Å². The highest BCUT2D eigenvalue weighted by Gasteiger charge is 2.19. The van der Waals surface area contributed by atoms with Crippen LogP contribution in [0.15, 0.2) is 42.5 Å². The number of carbonyl (C=O) groups excluding carboxylic acids is 1. The van der Waals surface area contributed by atoms with E-state index in [1.54, 1.807) is 0 Å². The molecule has 1 saturated heterocycles. The molecule has 1 aliphatic rings. The van der Waals surface area contributed by atoms with E-state index in [9.17, 15) is 9.18 Å². The average Bonchev–Trinajstić information content (AvgIpc) is 2.88. The number of benzene rings is 2.